The van der Waals surface area contributed by atoms with Crippen molar-refractivity contribution in [2.24, 2.45) is 0 Å². The number of hydrogen-bond donors (Lipinski definition) is 0. The molecule has 0 aromatic carbocycles. The molecule has 0 aromatic rings. The molecule has 18 heavy (non-hydrogen) atoms. The van der Waals surface area contributed by atoms with Gasteiger partial charge in [-0.15, -0.1) is 0 Å². The zero-order valence-electron chi connectivity index (χ0n) is 10.4. The molecule has 0 aliphatic rings. The van der Waals surface area contributed by atoms with Gasteiger partial charge in [0.25, 0.3) is 20.8 Å². The number of hydrogen-bond acceptors (Lipinski definition) is 8. The molecule has 8 nitrogen and oxygen atoms in total. The Morgan fingerprint density at radius 2 is 1.83 bits per heavy atom. The number of carbonyl (C=O) groups excluding carboxylic acids is 2. The Bertz CT molecular complexity index is 284. The van der Waals surface area contributed by atoms with Crippen molar-refractivity contribution in [3.8, 4) is 0 Å². The van der Waals surface area contributed by atoms with Gasteiger partial charge in [-0.1, -0.05) is 0 Å². The summed E-state index contributed by atoms with van der Waals surface area (Å²) in [6.07, 6.45) is -1.56. The third-order valence-corrected chi connectivity index (χ3v) is 2.50. The zero-order chi connectivity index (χ0) is 13.3. The number of carbonyl (C=O) groups is 2. The maximum Gasteiger partial charge on any atom is 1.00 e. The summed E-state index contributed by atoms with van der Waals surface area (Å²) in [5.41, 5.74) is 0. The third-order valence-electron chi connectivity index (χ3n) is 1.36. The Kier molecular flexibility index (Phi) is 12.4. The van der Waals surface area contributed by atoms with Crippen molar-refractivity contribution < 1.29 is 67.1 Å². The molecule has 2 atom stereocenters. The first kappa shape index (κ1) is 20.4. The summed E-state index contributed by atoms with van der Waals surface area (Å²) in [5, 5.41) is 0. The van der Waals surface area contributed by atoms with Crippen LogP contribution in [-0.4, -0.2) is 38.4 Å². The molecule has 0 radical (unpaired) electrons. The number of phosphoric ester groups is 1. The van der Waals surface area contributed by atoms with Gasteiger partial charge in [0.2, 0.25) is 0 Å². The van der Waals surface area contributed by atoms with Crippen LogP contribution in [0.25, 0.3) is 0 Å². The average molecular weight is 292 g/mol. The quantitative estimate of drug-likeness (QED) is 0.233. The van der Waals surface area contributed by atoms with E-state index in [2.05, 4.69) is 18.5 Å². The Morgan fingerprint density at radius 1 is 1.22 bits per heavy atom. The summed E-state index contributed by atoms with van der Waals surface area (Å²) in [5.74, 6) is 0. The van der Waals surface area contributed by atoms with Crippen molar-refractivity contribution in [2.75, 3.05) is 13.2 Å². The Hall–Kier alpha value is 0.0500. The second-order valence-corrected chi connectivity index (χ2v) is 4.54. The molecule has 0 aliphatic carbocycles. The van der Waals surface area contributed by atoms with Crippen molar-refractivity contribution in [1.29, 1.82) is 0 Å². The van der Waals surface area contributed by atoms with Gasteiger partial charge in [0, 0.05) is 0 Å². The largest absolute Gasteiger partial charge is 1.00 e. The molecule has 0 amide bonds. The summed E-state index contributed by atoms with van der Waals surface area (Å²) in [6, 6.07) is 0. The van der Waals surface area contributed by atoms with E-state index in [0.29, 0.717) is 0 Å². The fourth-order valence-corrected chi connectivity index (χ4v) is 1.74. The molecule has 0 heterocycles. The van der Waals surface area contributed by atoms with Gasteiger partial charge >= 0.3 is 29.6 Å². The van der Waals surface area contributed by atoms with Crippen LogP contribution in [0.2, 0.25) is 0 Å². The average Bonchev–Trinajstić information content (AvgIpc) is 2.20. The predicted octanol–water partition coefficient (Wildman–Crippen LogP) is -3.38. The zero-order valence-corrected chi connectivity index (χ0v) is 13.3. The van der Waals surface area contributed by atoms with Crippen molar-refractivity contribution in [2.45, 2.75) is 26.1 Å². The van der Waals surface area contributed by atoms with Crippen LogP contribution in [0.15, 0.2) is 0 Å². The van der Waals surface area contributed by atoms with E-state index >= 15 is 0 Å². The number of ether oxygens (including phenoxy) is 2. The van der Waals surface area contributed by atoms with Crippen molar-refractivity contribution in [3.05, 3.63) is 0 Å². The monoisotopic (exact) mass is 292 g/mol. The molecular weight excluding hydrogens is 278 g/mol. The summed E-state index contributed by atoms with van der Waals surface area (Å²) in [7, 11) is -4.45. The second-order valence-electron chi connectivity index (χ2n) is 3.18. The van der Waals surface area contributed by atoms with Gasteiger partial charge in [0.1, 0.15) is 6.61 Å². The topological polar surface area (TPSA) is 111 Å². The van der Waals surface area contributed by atoms with Gasteiger partial charge < -0.3 is 23.4 Å². The first-order valence-electron chi connectivity index (χ1n) is 4.69. The molecule has 0 saturated carbocycles. The minimum atomic E-state index is -4.45. The van der Waals surface area contributed by atoms with Gasteiger partial charge in [0.05, 0.1) is 12.7 Å². The first-order chi connectivity index (χ1) is 7.91. The first-order valence-corrected chi connectivity index (χ1v) is 6.15. The van der Waals surface area contributed by atoms with Crippen LogP contribution >= 0.6 is 7.82 Å². The minimum Gasteiger partial charge on any atom is -0.756 e. The van der Waals surface area contributed by atoms with Gasteiger partial charge in [-0.2, -0.15) is 0 Å². The van der Waals surface area contributed by atoms with Gasteiger partial charge in [0.15, 0.2) is 6.10 Å². The van der Waals surface area contributed by atoms with E-state index in [9.17, 15) is 19.0 Å². The van der Waals surface area contributed by atoms with E-state index in [4.69, 9.17) is 0 Å². The maximum atomic E-state index is 11.2. The molecule has 10 heteroatoms. The van der Waals surface area contributed by atoms with Crippen molar-refractivity contribution in [1.82, 2.24) is 0 Å². The Morgan fingerprint density at radius 3 is 2.28 bits per heavy atom. The van der Waals surface area contributed by atoms with Crippen LogP contribution in [-0.2, 0) is 32.7 Å². The molecule has 0 bridgehead atoms. The van der Waals surface area contributed by atoms with Crippen LogP contribution in [0.4, 0.5) is 0 Å². The van der Waals surface area contributed by atoms with Crippen molar-refractivity contribution >= 4 is 20.8 Å². The molecule has 0 saturated heterocycles. The summed E-state index contributed by atoms with van der Waals surface area (Å²) in [4.78, 5) is 31.1. The molecule has 2 unspecified atom stereocenters. The van der Waals surface area contributed by atoms with Gasteiger partial charge in [-0.05, 0) is 13.8 Å². The number of rotatable bonds is 10. The predicted molar refractivity (Wildman–Crippen MR) is 52.7 cm³/mol. The SMILES string of the molecule is CC(C)OP(=O)([O-])OCC(COC=O)OC=O.[Na+]. The number of phosphoric acid groups is 1. The molecule has 0 rings (SSSR count). The van der Waals surface area contributed by atoms with Crippen LogP contribution in [0.1, 0.15) is 13.8 Å². The molecular formula is C8H14NaO8P. The molecule has 0 aliphatic heterocycles. The Labute approximate surface area is 127 Å². The molecule has 100 valence electrons. The smallest absolute Gasteiger partial charge is 0.756 e. The van der Waals surface area contributed by atoms with Gasteiger partial charge in [-0.3, -0.25) is 14.2 Å². The van der Waals surface area contributed by atoms with E-state index < -0.39 is 26.6 Å². The summed E-state index contributed by atoms with van der Waals surface area (Å²) < 4.78 is 28.9. The maximum absolute atomic E-state index is 11.2. The third kappa shape index (κ3) is 11.2. The fourth-order valence-electron chi connectivity index (χ4n) is 0.815. The van der Waals surface area contributed by atoms with E-state index in [0.717, 1.165) is 0 Å². The summed E-state index contributed by atoms with van der Waals surface area (Å²) >= 11 is 0. The van der Waals surface area contributed by atoms with Crippen molar-refractivity contribution in [3.63, 3.8) is 0 Å². The molecule has 0 aromatic heterocycles. The standard InChI is InChI=1S/C8H15O8P.Na/c1-7(2)16-17(11,12)15-4-8(14-6-10)3-13-5-9;/h5-8H,3-4H2,1-2H3,(H,11,12);/q;+1/p-1. The minimum absolute atomic E-state index is 0. The fraction of sp³-hybridized carbons (Fsp3) is 0.750. The van der Waals surface area contributed by atoms with Crippen LogP contribution < -0.4 is 34.5 Å². The van der Waals surface area contributed by atoms with E-state index in [1.165, 1.54) is 13.8 Å². The molecule has 0 spiro atoms. The van der Waals surface area contributed by atoms with Crippen LogP contribution in [0.5, 0.6) is 0 Å². The van der Waals surface area contributed by atoms with Gasteiger partial charge in [-0.25, -0.2) is 0 Å². The van der Waals surface area contributed by atoms with Crippen LogP contribution in [0, 0.1) is 0 Å². The van der Waals surface area contributed by atoms with Crippen LogP contribution in [0.3, 0.4) is 0 Å². The molecule has 0 fully saturated rings. The summed E-state index contributed by atoms with van der Waals surface area (Å²) in [6.45, 7) is 2.49. The molecule has 0 N–H and O–H groups in total. The normalized spacial score (nSPS) is 15.1. The second kappa shape index (κ2) is 10.9. The van der Waals surface area contributed by atoms with E-state index in [1.54, 1.807) is 0 Å². The van der Waals surface area contributed by atoms with E-state index in [1.807, 2.05) is 0 Å². The Balaban J connectivity index is 0. The van der Waals surface area contributed by atoms with E-state index in [-0.39, 0.29) is 49.1 Å².